The van der Waals surface area contributed by atoms with Gasteiger partial charge in [0.15, 0.2) is 11.7 Å². The summed E-state index contributed by atoms with van der Waals surface area (Å²) in [5.41, 5.74) is 6.23. The lowest BCUT2D eigenvalue weighted by molar-refractivity contribution is -0.123. The Kier molecular flexibility index (Phi) is 7.08. The summed E-state index contributed by atoms with van der Waals surface area (Å²) in [6.07, 6.45) is 0. The molecule has 2 aromatic rings. The molecule has 0 saturated carbocycles. The Bertz CT molecular complexity index is 667. The standard InChI is InChI=1S/C16H16IN3O2S/c17-13-8-4-5-9-14(13)22-11-15(21)19-20-16(23)18-10-12-6-2-1-3-7-12/h1-9H,10-11H2,(H,19,21)(H2,18,20,23). The van der Waals surface area contributed by atoms with Gasteiger partial charge in [-0.05, 0) is 52.5 Å². The zero-order chi connectivity index (χ0) is 16.5. The maximum atomic E-state index is 11.7. The third kappa shape index (κ3) is 6.41. The Morgan fingerprint density at radius 1 is 1.04 bits per heavy atom. The van der Waals surface area contributed by atoms with E-state index in [0.29, 0.717) is 17.4 Å². The average Bonchev–Trinajstić information content (AvgIpc) is 2.58. The second kappa shape index (κ2) is 9.31. The van der Waals surface area contributed by atoms with Crippen molar-refractivity contribution in [1.82, 2.24) is 16.2 Å². The van der Waals surface area contributed by atoms with E-state index in [9.17, 15) is 4.79 Å². The predicted octanol–water partition coefficient (Wildman–Crippen LogP) is 2.37. The molecule has 0 aliphatic carbocycles. The van der Waals surface area contributed by atoms with E-state index in [1.54, 1.807) is 0 Å². The number of ether oxygens (including phenoxy) is 1. The fraction of sp³-hybridized carbons (Fsp3) is 0.125. The van der Waals surface area contributed by atoms with Crippen molar-refractivity contribution < 1.29 is 9.53 Å². The molecule has 2 rings (SSSR count). The lowest BCUT2D eigenvalue weighted by Gasteiger charge is -2.12. The molecule has 0 aromatic heterocycles. The maximum Gasteiger partial charge on any atom is 0.276 e. The molecule has 0 aliphatic rings. The van der Waals surface area contributed by atoms with Crippen molar-refractivity contribution in [3.05, 3.63) is 63.7 Å². The van der Waals surface area contributed by atoms with Crippen molar-refractivity contribution in [3.63, 3.8) is 0 Å². The number of carbonyl (C=O) groups is 1. The summed E-state index contributed by atoms with van der Waals surface area (Å²) in [6, 6.07) is 17.3. The van der Waals surface area contributed by atoms with Gasteiger partial charge in [-0.3, -0.25) is 15.6 Å². The molecule has 1 amide bonds. The average molecular weight is 441 g/mol. The van der Waals surface area contributed by atoms with Crippen LogP contribution in [0, 0.1) is 3.57 Å². The summed E-state index contributed by atoms with van der Waals surface area (Å²) in [5.74, 6) is 0.363. The number of amides is 1. The van der Waals surface area contributed by atoms with Crippen LogP contribution in [0.3, 0.4) is 0 Å². The van der Waals surface area contributed by atoms with E-state index in [1.807, 2.05) is 54.6 Å². The SMILES string of the molecule is O=C(COc1ccccc1I)NNC(=S)NCc1ccccc1. The molecule has 5 nitrogen and oxygen atoms in total. The summed E-state index contributed by atoms with van der Waals surface area (Å²) < 4.78 is 6.39. The number of carbonyl (C=O) groups excluding carboxylic acids is 1. The van der Waals surface area contributed by atoms with Gasteiger partial charge in [-0.1, -0.05) is 42.5 Å². The zero-order valence-electron chi connectivity index (χ0n) is 12.2. The first-order valence-electron chi connectivity index (χ1n) is 6.89. The minimum atomic E-state index is -0.312. The van der Waals surface area contributed by atoms with Crippen molar-refractivity contribution in [3.8, 4) is 5.75 Å². The van der Waals surface area contributed by atoms with Crippen LogP contribution in [-0.2, 0) is 11.3 Å². The predicted molar refractivity (Wildman–Crippen MR) is 102 cm³/mol. The molecule has 0 heterocycles. The molecule has 0 unspecified atom stereocenters. The number of halogens is 1. The van der Waals surface area contributed by atoms with Crippen LogP contribution in [-0.4, -0.2) is 17.6 Å². The van der Waals surface area contributed by atoms with Crippen LogP contribution in [0.15, 0.2) is 54.6 Å². The summed E-state index contributed by atoms with van der Waals surface area (Å²) in [6.45, 7) is 0.496. The highest BCUT2D eigenvalue weighted by atomic mass is 127. The highest BCUT2D eigenvalue weighted by Gasteiger charge is 2.05. The summed E-state index contributed by atoms with van der Waals surface area (Å²) >= 11 is 7.24. The van der Waals surface area contributed by atoms with Gasteiger partial charge in [-0.15, -0.1) is 0 Å². The van der Waals surface area contributed by atoms with Gasteiger partial charge in [-0.25, -0.2) is 0 Å². The van der Waals surface area contributed by atoms with Gasteiger partial charge in [0, 0.05) is 6.54 Å². The van der Waals surface area contributed by atoms with Crippen LogP contribution in [0.1, 0.15) is 5.56 Å². The van der Waals surface area contributed by atoms with Crippen molar-refractivity contribution in [2.75, 3.05) is 6.61 Å². The van der Waals surface area contributed by atoms with Gasteiger partial charge in [0.2, 0.25) is 0 Å². The van der Waals surface area contributed by atoms with Crippen molar-refractivity contribution in [1.29, 1.82) is 0 Å². The molecule has 0 bridgehead atoms. The number of benzene rings is 2. The second-order valence-electron chi connectivity index (χ2n) is 4.56. The Morgan fingerprint density at radius 3 is 2.48 bits per heavy atom. The van der Waals surface area contributed by atoms with E-state index in [0.717, 1.165) is 9.13 Å². The number of nitrogens with one attached hydrogen (secondary N) is 3. The van der Waals surface area contributed by atoms with E-state index in [2.05, 4.69) is 38.8 Å². The highest BCUT2D eigenvalue weighted by Crippen LogP contribution is 2.19. The van der Waals surface area contributed by atoms with Gasteiger partial charge >= 0.3 is 0 Å². The quantitative estimate of drug-likeness (QED) is 0.378. The Hall–Kier alpha value is -1.87. The number of para-hydroxylation sites is 1. The normalized spacial score (nSPS) is 9.78. The second-order valence-corrected chi connectivity index (χ2v) is 6.13. The highest BCUT2D eigenvalue weighted by molar-refractivity contribution is 14.1. The molecule has 7 heteroatoms. The summed E-state index contributed by atoms with van der Waals surface area (Å²) in [7, 11) is 0. The van der Waals surface area contributed by atoms with Crippen LogP contribution >= 0.6 is 34.8 Å². The molecule has 0 saturated heterocycles. The largest absolute Gasteiger partial charge is 0.483 e. The molecule has 0 aliphatic heterocycles. The van der Waals surface area contributed by atoms with Gasteiger partial charge in [-0.2, -0.15) is 0 Å². The number of hydrazine groups is 1. The molecule has 0 radical (unpaired) electrons. The Labute approximate surface area is 153 Å². The fourth-order valence-electron chi connectivity index (χ4n) is 1.69. The first-order valence-corrected chi connectivity index (χ1v) is 8.38. The smallest absolute Gasteiger partial charge is 0.276 e. The molecular formula is C16H16IN3O2S. The minimum absolute atomic E-state index is 0.0890. The minimum Gasteiger partial charge on any atom is -0.483 e. The Balaban J connectivity index is 1.66. The summed E-state index contributed by atoms with van der Waals surface area (Å²) in [5, 5.41) is 3.34. The van der Waals surface area contributed by atoms with Gasteiger partial charge in [0.05, 0.1) is 3.57 Å². The Morgan fingerprint density at radius 2 is 1.74 bits per heavy atom. The third-order valence-electron chi connectivity index (χ3n) is 2.81. The molecule has 23 heavy (non-hydrogen) atoms. The first kappa shape index (κ1) is 17.5. The van der Waals surface area contributed by atoms with Crippen LogP contribution in [0.5, 0.6) is 5.75 Å². The van der Waals surface area contributed by atoms with Crippen molar-refractivity contribution in [2.24, 2.45) is 0 Å². The molecule has 120 valence electrons. The molecule has 3 N–H and O–H groups in total. The molecule has 0 spiro atoms. The summed E-state index contributed by atoms with van der Waals surface area (Å²) in [4.78, 5) is 11.7. The van der Waals surface area contributed by atoms with Crippen LogP contribution in [0.2, 0.25) is 0 Å². The van der Waals surface area contributed by atoms with Crippen LogP contribution in [0.25, 0.3) is 0 Å². The molecule has 0 fully saturated rings. The van der Waals surface area contributed by atoms with Crippen molar-refractivity contribution in [2.45, 2.75) is 6.54 Å². The monoisotopic (exact) mass is 441 g/mol. The topological polar surface area (TPSA) is 62.4 Å². The van der Waals surface area contributed by atoms with E-state index >= 15 is 0 Å². The third-order valence-corrected chi connectivity index (χ3v) is 3.94. The maximum absolute atomic E-state index is 11.7. The first-order chi connectivity index (χ1) is 11.1. The van der Waals surface area contributed by atoms with Gasteiger partial charge in [0.1, 0.15) is 5.75 Å². The fourth-order valence-corrected chi connectivity index (χ4v) is 2.36. The van der Waals surface area contributed by atoms with Gasteiger partial charge in [0.25, 0.3) is 5.91 Å². The number of hydrogen-bond acceptors (Lipinski definition) is 3. The number of rotatable bonds is 5. The van der Waals surface area contributed by atoms with E-state index in [1.165, 1.54) is 0 Å². The molecular weight excluding hydrogens is 425 g/mol. The molecule has 0 atom stereocenters. The number of hydrogen-bond donors (Lipinski definition) is 3. The zero-order valence-corrected chi connectivity index (χ0v) is 15.2. The molecule has 2 aromatic carbocycles. The van der Waals surface area contributed by atoms with E-state index in [-0.39, 0.29) is 12.5 Å². The van der Waals surface area contributed by atoms with E-state index < -0.39 is 0 Å². The number of thiocarbonyl (C=S) groups is 1. The van der Waals surface area contributed by atoms with Crippen LogP contribution in [0.4, 0.5) is 0 Å². The van der Waals surface area contributed by atoms with Crippen molar-refractivity contribution >= 4 is 45.8 Å². The lowest BCUT2D eigenvalue weighted by atomic mass is 10.2. The van der Waals surface area contributed by atoms with Gasteiger partial charge < -0.3 is 10.1 Å². The van der Waals surface area contributed by atoms with E-state index in [4.69, 9.17) is 17.0 Å². The van der Waals surface area contributed by atoms with Crippen LogP contribution < -0.4 is 20.9 Å². The lowest BCUT2D eigenvalue weighted by Crippen LogP contribution is -2.48.